The van der Waals surface area contributed by atoms with E-state index in [0.717, 1.165) is 11.3 Å². The SMILES string of the molecule is CN(C)c1ccc(C(CN)N(C)C2CCS(=O)(=O)C2)cc1. The number of rotatable bonds is 5. The molecule has 0 bridgehead atoms. The fourth-order valence-corrected chi connectivity index (χ4v) is 4.67. The molecule has 2 N–H and O–H groups in total. The third-order valence-corrected chi connectivity index (χ3v) is 6.04. The first-order valence-electron chi connectivity index (χ1n) is 7.24. The molecule has 0 aromatic heterocycles. The van der Waals surface area contributed by atoms with Gasteiger partial charge in [0, 0.05) is 38.4 Å². The van der Waals surface area contributed by atoms with E-state index in [1.807, 2.05) is 21.1 Å². The summed E-state index contributed by atoms with van der Waals surface area (Å²) in [7, 11) is 3.11. The van der Waals surface area contributed by atoms with Gasteiger partial charge in [0.1, 0.15) is 0 Å². The van der Waals surface area contributed by atoms with Gasteiger partial charge in [0.05, 0.1) is 11.5 Å². The van der Waals surface area contributed by atoms with Crippen LogP contribution in [0.15, 0.2) is 24.3 Å². The molecule has 21 heavy (non-hydrogen) atoms. The second kappa shape index (κ2) is 6.34. The summed E-state index contributed by atoms with van der Waals surface area (Å²) in [6.45, 7) is 0.481. The van der Waals surface area contributed by atoms with Crippen molar-refractivity contribution in [2.75, 3.05) is 44.1 Å². The Balaban J connectivity index is 2.15. The Morgan fingerprint density at radius 1 is 1.24 bits per heavy atom. The van der Waals surface area contributed by atoms with Gasteiger partial charge in [-0.15, -0.1) is 0 Å². The molecular weight excluding hydrogens is 286 g/mol. The number of nitrogens with two attached hydrogens (primary N) is 1. The highest BCUT2D eigenvalue weighted by Crippen LogP contribution is 2.27. The van der Waals surface area contributed by atoms with Gasteiger partial charge in [-0.1, -0.05) is 12.1 Å². The maximum absolute atomic E-state index is 11.6. The highest BCUT2D eigenvalue weighted by molar-refractivity contribution is 7.91. The molecule has 2 rings (SSSR count). The van der Waals surface area contributed by atoms with E-state index < -0.39 is 9.84 Å². The maximum atomic E-state index is 11.6. The minimum absolute atomic E-state index is 0.0551. The normalized spacial score (nSPS) is 22.4. The summed E-state index contributed by atoms with van der Waals surface area (Å²) < 4.78 is 23.3. The van der Waals surface area contributed by atoms with Crippen molar-refractivity contribution >= 4 is 15.5 Å². The Labute approximate surface area is 127 Å². The average molecular weight is 311 g/mol. The highest BCUT2D eigenvalue weighted by atomic mass is 32.2. The molecule has 0 saturated carbocycles. The lowest BCUT2D eigenvalue weighted by Crippen LogP contribution is -2.39. The van der Waals surface area contributed by atoms with Crippen molar-refractivity contribution in [1.82, 2.24) is 4.90 Å². The van der Waals surface area contributed by atoms with Crippen LogP contribution >= 0.6 is 0 Å². The number of hydrogen-bond donors (Lipinski definition) is 1. The van der Waals surface area contributed by atoms with E-state index in [1.54, 1.807) is 0 Å². The molecule has 1 heterocycles. The van der Waals surface area contributed by atoms with E-state index in [9.17, 15) is 8.42 Å². The van der Waals surface area contributed by atoms with Gasteiger partial charge in [0.25, 0.3) is 0 Å². The monoisotopic (exact) mass is 311 g/mol. The second-order valence-electron chi connectivity index (χ2n) is 5.96. The molecule has 1 aliphatic heterocycles. The number of hydrogen-bond acceptors (Lipinski definition) is 5. The van der Waals surface area contributed by atoms with Crippen LogP contribution in [-0.2, 0) is 9.84 Å². The molecule has 1 saturated heterocycles. The number of sulfone groups is 1. The first-order valence-corrected chi connectivity index (χ1v) is 9.06. The zero-order valence-electron chi connectivity index (χ0n) is 13.0. The van der Waals surface area contributed by atoms with Crippen molar-refractivity contribution in [2.24, 2.45) is 5.73 Å². The Kier molecular flexibility index (Phi) is 4.91. The van der Waals surface area contributed by atoms with Crippen LogP contribution in [0.2, 0.25) is 0 Å². The summed E-state index contributed by atoms with van der Waals surface area (Å²) >= 11 is 0. The lowest BCUT2D eigenvalue weighted by atomic mass is 10.0. The van der Waals surface area contributed by atoms with Crippen molar-refractivity contribution in [2.45, 2.75) is 18.5 Å². The number of nitrogens with zero attached hydrogens (tertiary/aromatic N) is 2. The molecule has 6 heteroatoms. The smallest absolute Gasteiger partial charge is 0.151 e. The third-order valence-electron chi connectivity index (χ3n) is 4.29. The predicted molar refractivity (Wildman–Crippen MR) is 87.4 cm³/mol. The summed E-state index contributed by atoms with van der Waals surface area (Å²) in [4.78, 5) is 4.17. The molecule has 2 atom stereocenters. The zero-order valence-corrected chi connectivity index (χ0v) is 13.8. The van der Waals surface area contributed by atoms with Crippen LogP contribution in [0.25, 0.3) is 0 Å². The molecule has 5 nitrogen and oxygen atoms in total. The molecule has 0 spiro atoms. The van der Waals surface area contributed by atoms with E-state index in [-0.39, 0.29) is 17.8 Å². The Morgan fingerprint density at radius 2 is 1.86 bits per heavy atom. The van der Waals surface area contributed by atoms with Crippen LogP contribution in [-0.4, -0.2) is 58.6 Å². The predicted octanol–water partition coefficient (Wildman–Crippen LogP) is 0.871. The van der Waals surface area contributed by atoms with Gasteiger partial charge in [0.2, 0.25) is 0 Å². The number of anilines is 1. The van der Waals surface area contributed by atoms with Gasteiger partial charge in [-0.3, -0.25) is 4.90 Å². The Hall–Kier alpha value is -1.11. The summed E-state index contributed by atoms with van der Waals surface area (Å²) in [6, 6.07) is 8.41. The first kappa shape index (κ1) is 16.3. The quantitative estimate of drug-likeness (QED) is 0.874. The topological polar surface area (TPSA) is 66.6 Å². The summed E-state index contributed by atoms with van der Waals surface area (Å²) in [5, 5.41) is 0. The van der Waals surface area contributed by atoms with Crippen LogP contribution < -0.4 is 10.6 Å². The molecular formula is C15H25N3O2S. The molecule has 2 unspecified atom stereocenters. The summed E-state index contributed by atoms with van der Waals surface area (Å²) in [5.74, 6) is 0.536. The van der Waals surface area contributed by atoms with Crippen molar-refractivity contribution in [3.63, 3.8) is 0 Å². The highest BCUT2D eigenvalue weighted by Gasteiger charge is 2.33. The summed E-state index contributed by atoms with van der Waals surface area (Å²) in [5.41, 5.74) is 8.21. The second-order valence-corrected chi connectivity index (χ2v) is 8.19. The van der Waals surface area contributed by atoms with E-state index >= 15 is 0 Å². The molecule has 0 radical (unpaired) electrons. The van der Waals surface area contributed by atoms with Gasteiger partial charge < -0.3 is 10.6 Å². The van der Waals surface area contributed by atoms with Gasteiger partial charge in [0.15, 0.2) is 9.84 Å². The van der Waals surface area contributed by atoms with Gasteiger partial charge in [-0.25, -0.2) is 8.42 Å². The van der Waals surface area contributed by atoms with Gasteiger partial charge >= 0.3 is 0 Å². The van der Waals surface area contributed by atoms with Gasteiger partial charge in [-0.2, -0.15) is 0 Å². The van der Waals surface area contributed by atoms with Crippen LogP contribution in [0.5, 0.6) is 0 Å². The summed E-state index contributed by atoms with van der Waals surface area (Å²) in [6.07, 6.45) is 0.700. The Morgan fingerprint density at radius 3 is 2.29 bits per heavy atom. The molecule has 0 aliphatic carbocycles. The fourth-order valence-electron chi connectivity index (χ4n) is 2.88. The molecule has 1 aromatic rings. The minimum Gasteiger partial charge on any atom is -0.378 e. The molecule has 1 aromatic carbocycles. The number of likely N-dealkylation sites (N-methyl/N-ethyl adjacent to an activating group) is 1. The van der Waals surface area contributed by atoms with Crippen LogP contribution in [0, 0.1) is 0 Å². The van der Waals surface area contributed by atoms with Crippen molar-refractivity contribution in [3.8, 4) is 0 Å². The standard InChI is InChI=1S/C15H25N3O2S/c1-17(2)13-6-4-12(5-7-13)15(10-16)18(3)14-8-9-21(19,20)11-14/h4-7,14-15H,8-11,16H2,1-3H3. The van der Waals surface area contributed by atoms with Crippen LogP contribution in [0.1, 0.15) is 18.0 Å². The van der Waals surface area contributed by atoms with E-state index in [1.165, 1.54) is 0 Å². The maximum Gasteiger partial charge on any atom is 0.151 e. The fraction of sp³-hybridized carbons (Fsp3) is 0.600. The van der Waals surface area contributed by atoms with E-state index in [0.29, 0.717) is 18.7 Å². The molecule has 1 aliphatic rings. The minimum atomic E-state index is -2.87. The van der Waals surface area contributed by atoms with Crippen molar-refractivity contribution in [3.05, 3.63) is 29.8 Å². The van der Waals surface area contributed by atoms with E-state index in [2.05, 4.69) is 34.1 Å². The zero-order chi connectivity index (χ0) is 15.6. The van der Waals surface area contributed by atoms with Crippen LogP contribution in [0.3, 0.4) is 0 Å². The average Bonchev–Trinajstić information content (AvgIpc) is 2.80. The third kappa shape index (κ3) is 3.75. The number of benzene rings is 1. The van der Waals surface area contributed by atoms with Gasteiger partial charge in [-0.05, 0) is 31.2 Å². The Bertz CT molecular complexity index is 569. The van der Waals surface area contributed by atoms with Crippen molar-refractivity contribution in [1.29, 1.82) is 0 Å². The van der Waals surface area contributed by atoms with Crippen molar-refractivity contribution < 1.29 is 8.42 Å². The largest absolute Gasteiger partial charge is 0.378 e. The van der Waals surface area contributed by atoms with Crippen LogP contribution in [0.4, 0.5) is 5.69 Å². The van der Waals surface area contributed by atoms with E-state index in [4.69, 9.17) is 5.73 Å². The lowest BCUT2D eigenvalue weighted by molar-refractivity contribution is 0.192. The first-order chi connectivity index (χ1) is 9.84. The molecule has 1 fully saturated rings. The molecule has 0 amide bonds. The molecule has 118 valence electrons. The lowest BCUT2D eigenvalue weighted by Gasteiger charge is -2.32.